The molecule has 1 heterocycles. The van der Waals surface area contributed by atoms with E-state index in [4.69, 9.17) is 10.5 Å². The Balaban J connectivity index is 2.44. The molecule has 0 bridgehead atoms. The van der Waals surface area contributed by atoms with Crippen LogP contribution in [0.15, 0.2) is 0 Å². The Kier molecular flexibility index (Phi) is 4.89. The van der Waals surface area contributed by atoms with Crippen LogP contribution < -0.4 is 11.1 Å². The highest BCUT2D eigenvalue weighted by molar-refractivity contribution is 5.85. The molecule has 0 aromatic rings. The van der Waals surface area contributed by atoms with Crippen LogP contribution in [0, 0.1) is 5.41 Å². The maximum Gasteiger partial charge on any atom is 0.248 e. The van der Waals surface area contributed by atoms with Gasteiger partial charge in [0.15, 0.2) is 0 Å². The van der Waals surface area contributed by atoms with Gasteiger partial charge in [0.25, 0.3) is 0 Å². The second-order valence-electron chi connectivity index (χ2n) is 4.55. The van der Waals surface area contributed by atoms with E-state index in [9.17, 15) is 9.59 Å². The van der Waals surface area contributed by atoms with E-state index in [2.05, 4.69) is 5.32 Å². The van der Waals surface area contributed by atoms with Crippen LogP contribution in [0.25, 0.3) is 0 Å². The van der Waals surface area contributed by atoms with E-state index in [0.717, 1.165) is 0 Å². The van der Waals surface area contributed by atoms with Gasteiger partial charge in [-0.2, -0.15) is 0 Å². The second kappa shape index (κ2) is 5.97. The Labute approximate surface area is 101 Å². The standard InChI is InChI=1S/C11H21N3O3/c1-11(10(16)13-2)3-5-14(8-11)9(15)7-17-6-4-12/h3-8,12H2,1-2H3,(H,13,16). The molecule has 98 valence electrons. The molecule has 1 aliphatic rings. The highest BCUT2D eigenvalue weighted by Gasteiger charge is 2.41. The zero-order valence-electron chi connectivity index (χ0n) is 10.5. The predicted molar refractivity (Wildman–Crippen MR) is 63.2 cm³/mol. The molecular weight excluding hydrogens is 222 g/mol. The van der Waals surface area contributed by atoms with Gasteiger partial charge in [0.1, 0.15) is 6.61 Å². The SMILES string of the molecule is CNC(=O)C1(C)CCN(C(=O)COCCN)C1. The third-order valence-corrected chi connectivity index (χ3v) is 3.09. The molecule has 0 aliphatic carbocycles. The monoisotopic (exact) mass is 243 g/mol. The average molecular weight is 243 g/mol. The minimum absolute atomic E-state index is 0.0179. The lowest BCUT2D eigenvalue weighted by atomic mass is 9.89. The summed E-state index contributed by atoms with van der Waals surface area (Å²) in [5.74, 6) is -0.0956. The van der Waals surface area contributed by atoms with Gasteiger partial charge in [-0.3, -0.25) is 9.59 Å². The molecule has 2 amide bonds. The van der Waals surface area contributed by atoms with Gasteiger partial charge in [0.2, 0.25) is 11.8 Å². The number of carbonyl (C=O) groups excluding carboxylic acids is 2. The molecule has 0 radical (unpaired) electrons. The van der Waals surface area contributed by atoms with Crippen molar-refractivity contribution in [3.8, 4) is 0 Å². The van der Waals surface area contributed by atoms with Crippen molar-refractivity contribution in [1.82, 2.24) is 10.2 Å². The maximum absolute atomic E-state index is 11.7. The fourth-order valence-electron chi connectivity index (χ4n) is 2.00. The summed E-state index contributed by atoms with van der Waals surface area (Å²) in [6.45, 7) is 3.77. The van der Waals surface area contributed by atoms with Gasteiger partial charge < -0.3 is 20.7 Å². The van der Waals surface area contributed by atoms with Gasteiger partial charge in [-0.15, -0.1) is 0 Å². The highest BCUT2D eigenvalue weighted by Crippen LogP contribution is 2.29. The van der Waals surface area contributed by atoms with Crippen LogP contribution >= 0.6 is 0 Å². The summed E-state index contributed by atoms with van der Waals surface area (Å²) < 4.78 is 5.10. The van der Waals surface area contributed by atoms with Crippen LogP contribution in [-0.4, -0.2) is 56.6 Å². The molecule has 1 atom stereocenters. The molecule has 0 aromatic carbocycles. The zero-order chi connectivity index (χ0) is 12.9. The van der Waals surface area contributed by atoms with E-state index in [1.807, 2.05) is 6.92 Å². The summed E-state index contributed by atoms with van der Waals surface area (Å²) in [6, 6.07) is 0. The molecule has 1 fully saturated rings. The number of amides is 2. The first-order chi connectivity index (χ1) is 8.03. The topological polar surface area (TPSA) is 84.7 Å². The van der Waals surface area contributed by atoms with Crippen LogP contribution in [0.3, 0.4) is 0 Å². The van der Waals surface area contributed by atoms with Crippen molar-refractivity contribution < 1.29 is 14.3 Å². The van der Waals surface area contributed by atoms with E-state index < -0.39 is 5.41 Å². The Morgan fingerprint density at radius 1 is 1.53 bits per heavy atom. The first kappa shape index (κ1) is 13.9. The number of nitrogens with one attached hydrogen (secondary N) is 1. The molecule has 1 rings (SSSR count). The molecule has 0 saturated carbocycles. The van der Waals surface area contributed by atoms with Gasteiger partial charge in [-0.05, 0) is 13.3 Å². The van der Waals surface area contributed by atoms with Crippen molar-refractivity contribution in [1.29, 1.82) is 0 Å². The summed E-state index contributed by atoms with van der Waals surface area (Å²) in [6.07, 6.45) is 0.690. The smallest absolute Gasteiger partial charge is 0.248 e. The maximum atomic E-state index is 11.7. The number of likely N-dealkylation sites (tertiary alicyclic amines) is 1. The van der Waals surface area contributed by atoms with Gasteiger partial charge in [-0.25, -0.2) is 0 Å². The van der Waals surface area contributed by atoms with E-state index >= 15 is 0 Å². The molecule has 3 N–H and O–H groups in total. The first-order valence-electron chi connectivity index (χ1n) is 5.81. The molecule has 6 nitrogen and oxygen atoms in total. The van der Waals surface area contributed by atoms with Crippen molar-refractivity contribution in [3.63, 3.8) is 0 Å². The molecule has 0 aromatic heterocycles. The number of ether oxygens (including phenoxy) is 1. The summed E-state index contributed by atoms with van der Waals surface area (Å²) in [5, 5.41) is 2.63. The fraction of sp³-hybridized carbons (Fsp3) is 0.818. The molecule has 17 heavy (non-hydrogen) atoms. The van der Waals surface area contributed by atoms with Gasteiger partial charge in [0, 0.05) is 26.7 Å². The molecule has 1 saturated heterocycles. The van der Waals surface area contributed by atoms with E-state index in [0.29, 0.717) is 32.7 Å². The summed E-state index contributed by atoms with van der Waals surface area (Å²) >= 11 is 0. The second-order valence-corrected chi connectivity index (χ2v) is 4.55. The summed E-state index contributed by atoms with van der Waals surface area (Å²) in [5.41, 5.74) is 4.79. The number of nitrogens with two attached hydrogens (primary N) is 1. The molecule has 6 heteroatoms. The molecule has 1 unspecified atom stereocenters. The third-order valence-electron chi connectivity index (χ3n) is 3.09. The Hall–Kier alpha value is -1.14. The Morgan fingerprint density at radius 3 is 2.82 bits per heavy atom. The van der Waals surface area contributed by atoms with Crippen molar-refractivity contribution >= 4 is 11.8 Å². The van der Waals surface area contributed by atoms with Crippen molar-refractivity contribution in [2.24, 2.45) is 11.1 Å². The van der Waals surface area contributed by atoms with Crippen LogP contribution in [-0.2, 0) is 14.3 Å². The number of hydrogen-bond acceptors (Lipinski definition) is 4. The van der Waals surface area contributed by atoms with Gasteiger partial charge in [0.05, 0.1) is 12.0 Å². The van der Waals surface area contributed by atoms with Gasteiger partial charge >= 0.3 is 0 Å². The fourth-order valence-corrected chi connectivity index (χ4v) is 2.00. The number of rotatable bonds is 5. The highest BCUT2D eigenvalue weighted by atomic mass is 16.5. The van der Waals surface area contributed by atoms with Gasteiger partial charge in [-0.1, -0.05) is 0 Å². The quantitative estimate of drug-likeness (QED) is 0.603. The molecule has 1 aliphatic heterocycles. The third kappa shape index (κ3) is 3.41. The largest absolute Gasteiger partial charge is 0.370 e. The Bertz CT molecular complexity index is 296. The first-order valence-corrected chi connectivity index (χ1v) is 5.81. The average Bonchev–Trinajstić information content (AvgIpc) is 2.72. The number of carbonyl (C=O) groups is 2. The summed E-state index contributed by atoms with van der Waals surface area (Å²) in [4.78, 5) is 25.1. The van der Waals surface area contributed by atoms with Crippen molar-refractivity contribution in [2.75, 3.05) is 39.9 Å². The molecule has 0 spiro atoms. The van der Waals surface area contributed by atoms with Crippen LogP contribution in [0.4, 0.5) is 0 Å². The van der Waals surface area contributed by atoms with E-state index in [1.54, 1.807) is 11.9 Å². The lowest BCUT2D eigenvalue weighted by Crippen LogP contribution is -2.41. The van der Waals surface area contributed by atoms with Crippen LogP contribution in [0.2, 0.25) is 0 Å². The number of nitrogens with zero attached hydrogens (tertiary/aromatic N) is 1. The van der Waals surface area contributed by atoms with E-state index in [1.165, 1.54) is 0 Å². The van der Waals surface area contributed by atoms with Crippen LogP contribution in [0.5, 0.6) is 0 Å². The minimum atomic E-state index is -0.474. The molecular formula is C11H21N3O3. The number of hydrogen-bond donors (Lipinski definition) is 2. The van der Waals surface area contributed by atoms with Crippen molar-refractivity contribution in [3.05, 3.63) is 0 Å². The van der Waals surface area contributed by atoms with Crippen LogP contribution in [0.1, 0.15) is 13.3 Å². The van der Waals surface area contributed by atoms with Crippen molar-refractivity contribution in [2.45, 2.75) is 13.3 Å². The predicted octanol–water partition coefficient (Wildman–Crippen LogP) is -1.05. The lowest BCUT2D eigenvalue weighted by Gasteiger charge is -2.22. The Morgan fingerprint density at radius 2 is 2.24 bits per heavy atom. The van der Waals surface area contributed by atoms with E-state index in [-0.39, 0.29) is 18.4 Å². The summed E-state index contributed by atoms with van der Waals surface area (Å²) in [7, 11) is 1.61. The normalized spacial score (nSPS) is 23.8. The zero-order valence-corrected chi connectivity index (χ0v) is 10.5. The minimum Gasteiger partial charge on any atom is -0.370 e. The lowest BCUT2D eigenvalue weighted by molar-refractivity contribution is -0.136.